The second-order valence-corrected chi connectivity index (χ2v) is 8.22. The molecule has 0 aromatic carbocycles. The minimum Gasteiger partial charge on any atom is -0.481 e. The van der Waals surface area contributed by atoms with Crippen LogP contribution in [0, 0.1) is 17.3 Å². The van der Waals surface area contributed by atoms with Crippen LogP contribution in [-0.2, 0) is 14.6 Å². The highest BCUT2D eigenvalue weighted by Gasteiger charge is 2.55. The van der Waals surface area contributed by atoms with Crippen LogP contribution >= 0.6 is 0 Å². The summed E-state index contributed by atoms with van der Waals surface area (Å²) in [5.41, 5.74) is -1.05. The second-order valence-electron chi connectivity index (χ2n) is 6.06. The van der Waals surface area contributed by atoms with E-state index in [9.17, 15) is 23.4 Å². The molecule has 1 saturated heterocycles. The van der Waals surface area contributed by atoms with E-state index >= 15 is 0 Å². The summed E-state index contributed by atoms with van der Waals surface area (Å²) in [6, 6.07) is 0. The average molecular weight is 290 g/mol. The Balaban J connectivity index is 2.24. The van der Waals surface area contributed by atoms with E-state index in [0.29, 0.717) is 18.8 Å². The van der Waals surface area contributed by atoms with Crippen molar-refractivity contribution < 1.29 is 23.4 Å². The van der Waals surface area contributed by atoms with Crippen molar-refractivity contribution in [2.24, 2.45) is 17.3 Å². The molecule has 2 N–H and O–H groups in total. The highest BCUT2D eigenvalue weighted by atomic mass is 32.2. The Hall–Kier alpha value is -0.620. The minimum atomic E-state index is -3.30. The van der Waals surface area contributed by atoms with Crippen LogP contribution in [0.2, 0.25) is 0 Å². The lowest BCUT2D eigenvalue weighted by Gasteiger charge is -2.41. The first-order valence-corrected chi connectivity index (χ1v) is 8.75. The maximum absolute atomic E-state index is 11.7. The molecule has 19 heavy (non-hydrogen) atoms. The topological polar surface area (TPSA) is 91.7 Å². The predicted octanol–water partition coefficient (Wildman–Crippen LogP) is 1.06. The summed E-state index contributed by atoms with van der Waals surface area (Å²) in [7, 11) is -3.30. The first kappa shape index (κ1) is 14.8. The zero-order chi connectivity index (χ0) is 14.3. The quantitative estimate of drug-likeness (QED) is 0.811. The molecule has 2 rings (SSSR count). The van der Waals surface area contributed by atoms with Crippen molar-refractivity contribution in [1.29, 1.82) is 0 Å². The number of hydrogen-bond acceptors (Lipinski definition) is 4. The molecule has 0 amide bonds. The Morgan fingerprint density at radius 1 is 1.26 bits per heavy atom. The molecule has 2 unspecified atom stereocenters. The van der Waals surface area contributed by atoms with E-state index in [-0.39, 0.29) is 11.5 Å². The van der Waals surface area contributed by atoms with Gasteiger partial charge in [-0.15, -0.1) is 0 Å². The Bertz CT molecular complexity index is 448. The zero-order valence-electron chi connectivity index (χ0n) is 11.2. The summed E-state index contributed by atoms with van der Waals surface area (Å²) in [4.78, 5) is 11.7. The van der Waals surface area contributed by atoms with Crippen LogP contribution in [0.1, 0.15) is 39.0 Å². The van der Waals surface area contributed by atoms with E-state index in [2.05, 4.69) is 6.92 Å². The number of carboxylic acid groups (broad SMARTS) is 1. The number of aliphatic hydroxyl groups is 1. The molecule has 1 saturated carbocycles. The Labute approximate surface area is 113 Å². The molecule has 1 aliphatic heterocycles. The SMILES string of the molecule is CCC1CCC(C(=O)O)(C2CS(=O)(=O)CC2O)CC1. The summed E-state index contributed by atoms with van der Waals surface area (Å²) in [5.74, 6) is -1.53. The molecule has 2 atom stereocenters. The number of rotatable bonds is 3. The van der Waals surface area contributed by atoms with E-state index < -0.39 is 33.2 Å². The molecule has 6 heteroatoms. The zero-order valence-corrected chi connectivity index (χ0v) is 12.0. The van der Waals surface area contributed by atoms with Crippen molar-refractivity contribution in [2.75, 3.05) is 11.5 Å². The molecule has 2 fully saturated rings. The normalized spacial score (nSPS) is 42.1. The van der Waals surface area contributed by atoms with Gasteiger partial charge in [-0.05, 0) is 31.6 Å². The van der Waals surface area contributed by atoms with Crippen LogP contribution < -0.4 is 0 Å². The molecule has 0 radical (unpaired) electrons. The average Bonchev–Trinajstić information content (AvgIpc) is 2.63. The van der Waals surface area contributed by atoms with Crippen molar-refractivity contribution >= 4 is 15.8 Å². The fourth-order valence-corrected chi connectivity index (χ4v) is 5.68. The maximum atomic E-state index is 11.7. The van der Waals surface area contributed by atoms with Gasteiger partial charge in [0.15, 0.2) is 9.84 Å². The highest BCUT2D eigenvalue weighted by molar-refractivity contribution is 7.91. The van der Waals surface area contributed by atoms with Crippen molar-refractivity contribution in [1.82, 2.24) is 0 Å². The summed E-state index contributed by atoms with van der Waals surface area (Å²) >= 11 is 0. The van der Waals surface area contributed by atoms with Gasteiger partial charge >= 0.3 is 5.97 Å². The molecule has 0 aromatic heterocycles. The Morgan fingerprint density at radius 2 is 1.84 bits per heavy atom. The lowest BCUT2D eigenvalue weighted by molar-refractivity contribution is -0.158. The summed E-state index contributed by atoms with van der Waals surface area (Å²) in [5, 5.41) is 19.6. The van der Waals surface area contributed by atoms with Crippen LogP contribution in [0.5, 0.6) is 0 Å². The summed E-state index contributed by atoms with van der Waals surface area (Å²) in [6.45, 7) is 2.09. The third-order valence-electron chi connectivity index (χ3n) is 5.03. The van der Waals surface area contributed by atoms with E-state index in [4.69, 9.17) is 0 Å². The number of hydrogen-bond donors (Lipinski definition) is 2. The molecule has 0 aromatic rings. The standard InChI is InChI=1S/C13H22O5S/c1-2-9-3-5-13(6-4-9,12(15)16)10-7-19(17,18)8-11(10)14/h9-11,14H,2-8H2,1H3,(H,15,16). The van der Waals surface area contributed by atoms with Crippen molar-refractivity contribution in [2.45, 2.75) is 45.1 Å². The van der Waals surface area contributed by atoms with Gasteiger partial charge in [0.2, 0.25) is 0 Å². The van der Waals surface area contributed by atoms with E-state index in [1.165, 1.54) is 0 Å². The minimum absolute atomic E-state index is 0.183. The van der Waals surface area contributed by atoms with Gasteiger partial charge in [0.1, 0.15) is 0 Å². The molecular weight excluding hydrogens is 268 g/mol. The third-order valence-corrected chi connectivity index (χ3v) is 6.75. The number of aliphatic hydroxyl groups excluding tert-OH is 1. The lowest BCUT2D eigenvalue weighted by atomic mass is 9.62. The highest BCUT2D eigenvalue weighted by Crippen LogP contribution is 2.49. The van der Waals surface area contributed by atoms with Gasteiger partial charge < -0.3 is 10.2 Å². The molecule has 5 nitrogen and oxygen atoms in total. The molecule has 0 bridgehead atoms. The predicted molar refractivity (Wildman–Crippen MR) is 70.5 cm³/mol. The van der Waals surface area contributed by atoms with Gasteiger partial charge in [-0.25, -0.2) is 8.42 Å². The van der Waals surface area contributed by atoms with Gasteiger partial charge in [-0.3, -0.25) is 4.79 Å². The molecular formula is C13H22O5S. The number of carboxylic acids is 1. The van der Waals surface area contributed by atoms with Crippen LogP contribution in [-0.4, -0.2) is 42.2 Å². The van der Waals surface area contributed by atoms with Crippen LogP contribution in [0.15, 0.2) is 0 Å². The monoisotopic (exact) mass is 290 g/mol. The first-order valence-electron chi connectivity index (χ1n) is 6.92. The summed E-state index contributed by atoms with van der Waals surface area (Å²) < 4.78 is 23.3. The molecule has 110 valence electrons. The molecule has 2 aliphatic rings. The molecule has 0 spiro atoms. The van der Waals surface area contributed by atoms with Crippen molar-refractivity contribution in [3.05, 3.63) is 0 Å². The second kappa shape index (κ2) is 5.05. The van der Waals surface area contributed by atoms with Gasteiger partial charge in [0.25, 0.3) is 0 Å². The van der Waals surface area contributed by atoms with Crippen LogP contribution in [0.4, 0.5) is 0 Å². The van der Waals surface area contributed by atoms with E-state index in [1.54, 1.807) is 0 Å². The number of aliphatic carboxylic acids is 1. The van der Waals surface area contributed by atoms with Crippen molar-refractivity contribution in [3.63, 3.8) is 0 Å². The first-order chi connectivity index (χ1) is 8.81. The van der Waals surface area contributed by atoms with Crippen molar-refractivity contribution in [3.8, 4) is 0 Å². The fraction of sp³-hybridized carbons (Fsp3) is 0.923. The number of carbonyl (C=O) groups is 1. The largest absolute Gasteiger partial charge is 0.481 e. The van der Waals surface area contributed by atoms with E-state index in [0.717, 1.165) is 19.3 Å². The van der Waals surface area contributed by atoms with Crippen LogP contribution in [0.3, 0.4) is 0 Å². The third kappa shape index (κ3) is 2.65. The van der Waals surface area contributed by atoms with Gasteiger partial charge in [0, 0.05) is 5.92 Å². The summed E-state index contributed by atoms with van der Waals surface area (Å²) in [6.07, 6.45) is 2.59. The van der Waals surface area contributed by atoms with Gasteiger partial charge in [0.05, 0.1) is 23.0 Å². The van der Waals surface area contributed by atoms with Gasteiger partial charge in [-0.1, -0.05) is 13.3 Å². The Morgan fingerprint density at radius 3 is 2.21 bits per heavy atom. The molecule has 1 heterocycles. The lowest BCUT2D eigenvalue weighted by Crippen LogP contribution is -2.46. The van der Waals surface area contributed by atoms with E-state index in [1.807, 2.05) is 0 Å². The van der Waals surface area contributed by atoms with Crippen LogP contribution in [0.25, 0.3) is 0 Å². The maximum Gasteiger partial charge on any atom is 0.310 e. The fourth-order valence-electron chi connectivity index (χ4n) is 3.70. The number of sulfone groups is 1. The smallest absolute Gasteiger partial charge is 0.310 e. The Kier molecular flexibility index (Phi) is 3.93. The van der Waals surface area contributed by atoms with Gasteiger partial charge in [-0.2, -0.15) is 0 Å². The molecule has 1 aliphatic carbocycles.